The third kappa shape index (κ3) is 2.89. The van der Waals surface area contributed by atoms with E-state index in [4.69, 9.17) is 4.84 Å². The predicted molar refractivity (Wildman–Crippen MR) is 83.5 cm³/mol. The van der Waals surface area contributed by atoms with Crippen LogP contribution in [-0.2, 0) is 4.84 Å². The second-order valence-corrected chi connectivity index (χ2v) is 5.89. The number of hydrogen-bond acceptors (Lipinski definition) is 5. The molecule has 0 amide bonds. The van der Waals surface area contributed by atoms with Crippen LogP contribution in [0.4, 0.5) is 11.4 Å². The Morgan fingerprint density at radius 1 is 1.33 bits per heavy atom. The Morgan fingerprint density at radius 2 is 2.19 bits per heavy atom. The molecule has 2 aliphatic rings. The van der Waals surface area contributed by atoms with Gasteiger partial charge in [-0.3, -0.25) is 14.6 Å². The minimum absolute atomic E-state index is 0.124. The monoisotopic (exact) mass is 289 g/mol. The van der Waals surface area contributed by atoms with Crippen molar-refractivity contribution in [3.63, 3.8) is 0 Å². The normalized spacial score (nSPS) is 22.7. The van der Waals surface area contributed by atoms with Gasteiger partial charge < -0.3 is 4.90 Å². The van der Waals surface area contributed by atoms with Crippen LogP contribution in [-0.4, -0.2) is 31.5 Å². The molecule has 5 heteroatoms. The van der Waals surface area contributed by atoms with Crippen molar-refractivity contribution in [3.05, 3.63) is 23.8 Å². The molecule has 0 aliphatic carbocycles. The van der Waals surface area contributed by atoms with Gasteiger partial charge in [-0.2, -0.15) is 0 Å². The molecule has 3 rings (SSSR count). The summed E-state index contributed by atoms with van der Waals surface area (Å²) in [7, 11) is 0. The number of carbonyl (C=O) groups is 1. The number of carbonyl (C=O) groups excluding carboxylic acids is 1. The van der Waals surface area contributed by atoms with E-state index in [9.17, 15) is 4.79 Å². The Balaban J connectivity index is 1.95. The Morgan fingerprint density at radius 3 is 2.81 bits per heavy atom. The van der Waals surface area contributed by atoms with Crippen LogP contribution < -0.4 is 15.5 Å². The van der Waals surface area contributed by atoms with Crippen LogP contribution in [0.1, 0.15) is 43.5 Å². The summed E-state index contributed by atoms with van der Waals surface area (Å²) < 4.78 is 0. The standard InChI is InChI=1S/C16H23N3O2/c1-12-5-3-8-18(12)16-11-14(6-7-15(16)13(2)20)19-9-4-10-21-17-19/h6-7,11-12,17H,3-5,8-10H2,1-2H3. The van der Waals surface area contributed by atoms with Gasteiger partial charge in [0.25, 0.3) is 0 Å². The molecular weight excluding hydrogens is 266 g/mol. The highest BCUT2D eigenvalue weighted by Crippen LogP contribution is 2.32. The Kier molecular flexibility index (Phi) is 4.12. The molecule has 2 saturated heterocycles. The summed E-state index contributed by atoms with van der Waals surface area (Å²) in [6.45, 7) is 6.54. The van der Waals surface area contributed by atoms with Crippen molar-refractivity contribution < 1.29 is 9.63 Å². The number of nitrogens with one attached hydrogen (secondary N) is 1. The van der Waals surface area contributed by atoms with Crippen LogP contribution in [0.5, 0.6) is 0 Å². The summed E-state index contributed by atoms with van der Waals surface area (Å²) in [5, 5.41) is 2.00. The minimum atomic E-state index is 0.124. The number of Topliss-reactive ketones (excluding diaryl/α,β-unsaturated/α-hetero) is 1. The predicted octanol–water partition coefficient (Wildman–Crippen LogP) is 2.52. The van der Waals surface area contributed by atoms with E-state index in [1.807, 2.05) is 17.1 Å². The fraction of sp³-hybridized carbons (Fsp3) is 0.562. The third-order valence-electron chi connectivity index (χ3n) is 4.34. The van der Waals surface area contributed by atoms with Gasteiger partial charge in [-0.15, -0.1) is 5.59 Å². The van der Waals surface area contributed by atoms with Gasteiger partial charge >= 0.3 is 0 Å². The maximum absolute atomic E-state index is 11.9. The smallest absolute Gasteiger partial charge is 0.161 e. The quantitative estimate of drug-likeness (QED) is 0.866. The van der Waals surface area contributed by atoms with E-state index in [0.717, 1.165) is 43.1 Å². The SMILES string of the molecule is CC(=O)c1ccc(N2CCCON2)cc1N1CCCC1C. The van der Waals surface area contributed by atoms with E-state index in [-0.39, 0.29) is 5.78 Å². The van der Waals surface area contributed by atoms with Crippen LogP contribution >= 0.6 is 0 Å². The maximum Gasteiger partial charge on any atom is 0.161 e. The summed E-state index contributed by atoms with van der Waals surface area (Å²) >= 11 is 0. The molecule has 1 unspecified atom stereocenters. The van der Waals surface area contributed by atoms with Crippen molar-refractivity contribution in [1.29, 1.82) is 0 Å². The molecule has 0 spiro atoms. The average molecular weight is 289 g/mol. The summed E-state index contributed by atoms with van der Waals surface area (Å²) in [6.07, 6.45) is 3.37. The van der Waals surface area contributed by atoms with E-state index < -0.39 is 0 Å². The van der Waals surface area contributed by atoms with Gasteiger partial charge in [0.2, 0.25) is 0 Å². The topological polar surface area (TPSA) is 44.8 Å². The molecule has 1 aromatic carbocycles. The second kappa shape index (κ2) is 6.03. The summed E-state index contributed by atoms with van der Waals surface area (Å²) in [6, 6.07) is 6.53. The molecule has 2 fully saturated rings. The number of rotatable bonds is 3. The van der Waals surface area contributed by atoms with E-state index in [1.165, 1.54) is 12.8 Å². The van der Waals surface area contributed by atoms with Crippen molar-refractivity contribution >= 4 is 17.2 Å². The lowest BCUT2D eigenvalue weighted by Crippen LogP contribution is -2.43. The zero-order chi connectivity index (χ0) is 14.8. The van der Waals surface area contributed by atoms with Crippen molar-refractivity contribution in [1.82, 2.24) is 5.59 Å². The van der Waals surface area contributed by atoms with Gasteiger partial charge in [0.05, 0.1) is 12.3 Å². The second-order valence-electron chi connectivity index (χ2n) is 5.89. The molecule has 1 aromatic rings. The molecule has 2 heterocycles. The van der Waals surface area contributed by atoms with E-state index >= 15 is 0 Å². The molecule has 114 valence electrons. The van der Waals surface area contributed by atoms with Gasteiger partial charge in [-0.1, -0.05) is 0 Å². The van der Waals surface area contributed by atoms with Gasteiger partial charge in [0.15, 0.2) is 5.78 Å². The number of hydrazine groups is 1. The first-order chi connectivity index (χ1) is 10.2. The molecule has 0 aromatic heterocycles. The van der Waals surface area contributed by atoms with Crippen LogP contribution in [0.25, 0.3) is 0 Å². The van der Waals surface area contributed by atoms with E-state index in [0.29, 0.717) is 6.04 Å². The van der Waals surface area contributed by atoms with Gasteiger partial charge in [-0.05, 0) is 51.3 Å². The molecule has 0 radical (unpaired) electrons. The molecule has 2 aliphatic heterocycles. The largest absolute Gasteiger partial charge is 0.368 e. The van der Waals surface area contributed by atoms with Crippen molar-refractivity contribution in [2.75, 3.05) is 29.6 Å². The fourth-order valence-electron chi connectivity index (χ4n) is 3.16. The molecule has 0 saturated carbocycles. The first-order valence-electron chi connectivity index (χ1n) is 7.73. The fourth-order valence-corrected chi connectivity index (χ4v) is 3.16. The van der Waals surface area contributed by atoms with Gasteiger partial charge in [-0.25, -0.2) is 0 Å². The van der Waals surface area contributed by atoms with E-state index in [2.05, 4.69) is 23.5 Å². The molecule has 1 atom stereocenters. The van der Waals surface area contributed by atoms with Crippen LogP contribution in [0.3, 0.4) is 0 Å². The zero-order valence-electron chi connectivity index (χ0n) is 12.8. The molecule has 5 nitrogen and oxygen atoms in total. The highest BCUT2D eigenvalue weighted by molar-refractivity contribution is 6.00. The summed E-state index contributed by atoms with van der Waals surface area (Å²) in [5.74, 6) is 0.124. The van der Waals surface area contributed by atoms with Crippen molar-refractivity contribution in [2.45, 2.75) is 39.2 Å². The highest BCUT2D eigenvalue weighted by Gasteiger charge is 2.25. The van der Waals surface area contributed by atoms with Gasteiger partial charge in [0, 0.05) is 30.4 Å². The lowest BCUT2D eigenvalue weighted by molar-refractivity contribution is 0.00832. The van der Waals surface area contributed by atoms with Crippen molar-refractivity contribution in [3.8, 4) is 0 Å². The zero-order valence-corrected chi connectivity index (χ0v) is 12.8. The number of nitrogens with zero attached hydrogens (tertiary/aromatic N) is 2. The Labute approximate surface area is 125 Å². The Hall–Kier alpha value is -1.59. The van der Waals surface area contributed by atoms with Gasteiger partial charge in [0.1, 0.15) is 0 Å². The Bertz CT molecular complexity index is 526. The van der Waals surface area contributed by atoms with Crippen LogP contribution in [0.15, 0.2) is 18.2 Å². The highest BCUT2D eigenvalue weighted by atomic mass is 16.7. The summed E-state index contributed by atoms with van der Waals surface area (Å²) in [5.41, 5.74) is 5.86. The number of anilines is 2. The first kappa shape index (κ1) is 14.4. The number of benzene rings is 1. The number of hydrogen-bond donors (Lipinski definition) is 1. The van der Waals surface area contributed by atoms with E-state index in [1.54, 1.807) is 6.92 Å². The van der Waals surface area contributed by atoms with Crippen LogP contribution in [0, 0.1) is 0 Å². The average Bonchev–Trinajstić information content (AvgIpc) is 2.93. The first-order valence-corrected chi connectivity index (χ1v) is 7.73. The number of ketones is 1. The lowest BCUT2D eigenvalue weighted by Gasteiger charge is -2.31. The summed E-state index contributed by atoms with van der Waals surface area (Å²) in [4.78, 5) is 19.6. The third-order valence-corrected chi connectivity index (χ3v) is 4.34. The molecule has 21 heavy (non-hydrogen) atoms. The van der Waals surface area contributed by atoms with Crippen LogP contribution in [0.2, 0.25) is 0 Å². The minimum Gasteiger partial charge on any atom is -0.368 e. The molecular formula is C16H23N3O2. The molecule has 0 bridgehead atoms. The maximum atomic E-state index is 11.9. The van der Waals surface area contributed by atoms with Crippen molar-refractivity contribution in [2.24, 2.45) is 0 Å². The molecule has 1 N–H and O–H groups in total. The lowest BCUT2D eigenvalue weighted by atomic mass is 10.1.